The molecule has 1 unspecified atom stereocenters. The number of halogens is 2. The molecule has 7 heteroatoms. The lowest BCUT2D eigenvalue weighted by molar-refractivity contribution is -0.157. The van der Waals surface area contributed by atoms with E-state index in [1.165, 1.54) is 0 Å². The Morgan fingerprint density at radius 2 is 1.45 bits per heavy atom. The van der Waals surface area contributed by atoms with Gasteiger partial charge in [-0.3, -0.25) is 9.59 Å². The molecule has 0 saturated heterocycles. The second kappa shape index (κ2) is 8.75. The maximum atomic E-state index is 14.3. The minimum Gasteiger partial charge on any atom is -0.506 e. The smallest absolute Gasteiger partial charge is 0.325 e. The van der Waals surface area contributed by atoms with Crippen LogP contribution in [0.5, 0.6) is 5.75 Å². The first-order chi connectivity index (χ1) is 13.9. The minimum absolute atomic E-state index is 0.275. The van der Waals surface area contributed by atoms with Crippen LogP contribution in [0.15, 0.2) is 72.8 Å². The Balaban J connectivity index is 1.99. The number of hydrogen-bond donors (Lipinski definition) is 2. The van der Waals surface area contributed by atoms with Crippen molar-refractivity contribution in [3.63, 3.8) is 0 Å². The van der Waals surface area contributed by atoms with Crippen molar-refractivity contribution in [1.82, 2.24) is 0 Å². The zero-order valence-corrected chi connectivity index (χ0v) is 15.7. The van der Waals surface area contributed by atoms with E-state index in [-0.39, 0.29) is 5.02 Å². The fraction of sp³-hybridized carbons (Fsp3) is 0.0909. The normalized spacial score (nSPS) is 11.8. The van der Waals surface area contributed by atoms with Gasteiger partial charge in [-0.2, -0.15) is 0 Å². The number of aliphatic carboxylic acids is 1. The summed E-state index contributed by atoms with van der Waals surface area (Å²) >= 11 is 5.78. The molecular weight excluding hydrogens is 399 g/mol. The van der Waals surface area contributed by atoms with Crippen molar-refractivity contribution < 1.29 is 28.9 Å². The van der Waals surface area contributed by atoms with Crippen LogP contribution in [0.2, 0.25) is 5.02 Å². The molecule has 0 aliphatic rings. The van der Waals surface area contributed by atoms with Gasteiger partial charge in [0.15, 0.2) is 12.0 Å². The van der Waals surface area contributed by atoms with E-state index in [0.29, 0.717) is 17.2 Å². The Labute approximate surface area is 170 Å². The summed E-state index contributed by atoms with van der Waals surface area (Å²) in [6.07, 6.45) is -0.887. The summed E-state index contributed by atoms with van der Waals surface area (Å²) in [5.74, 6) is -6.35. The molecule has 2 N–H and O–H groups in total. The van der Waals surface area contributed by atoms with E-state index < -0.39 is 41.1 Å². The van der Waals surface area contributed by atoms with Crippen LogP contribution in [0.25, 0.3) is 0 Å². The molecule has 0 saturated carbocycles. The largest absolute Gasteiger partial charge is 0.506 e. The van der Waals surface area contributed by atoms with Gasteiger partial charge in [-0.05, 0) is 17.2 Å². The number of benzene rings is 3. The van der Waals surface area contributed by atoms with Gasteiger partial charge in [-0.15, -0.1) is 0 Å². The van der Waals surface area contributed by atoms with Gasteiger partial charge >= 0.3 is 11.9 Å². The van der Waals surface area contributed by atoms with E-state index in [1.54, 1.807) is 60.7 Å². The van der Waals surface area contributed by atoms with Crippen LogP contribution in [0, 0.1) is 5.82 Å². The van der Waals surface area contributed by atoms with E-state index in [2.05, 4.69) is 0 Å². The number of carbonyl (C=O) groups excluding carboxylic acids is 1. The third-order valence-corrected chi connectivity index (χ3v) is 4.60. The van der Waals surface area contributed by atoms with E-state index in [9.17, 15) is 24.2 Å². The number of aromatic hydroxyl groups is 1. The predicted octanol–water partition coefficient (Wildman–Crippen LogP) is 4.69. The number of carboxylic acids is 1. The van der Waals surface area contributed by atoms with Crippen LogP contribution in [-0.2, 0) is 14.3 Å². The van der Waals surface area contributed by atoms with Gasteiger partial charge in [0.05, 0.1) is 5.02 Å². The van der Waals surface area contributed by atoms with Gasteiger partial charge < -0.3 is 14.9 Å². The van der Waals surface area contributed by atoms with Crippen molar-refractivity contribution in [3.8, 4) is 5.75 Å². The molecule has 5 nitrogen and oxygen atoms in total. The monoisotopic (exact) mass is 414 g/mol. The molecule has 29 heavy (non-hydrogen) atoms. The van der Waals surface area contributed by atoms with E-state index in [1.807, 2.05) is 0 Å². The lowest BCUT2D eigenvalue weighted by Crippen LogP contribution is -2.26. The van der Waals surface area contributed by atoms with E-state index in [0.717, 1.165) is 6.07 Å². The molecule has 0 heterocycles. The lowest BCUT2D eigenvalue weighted by Gasteiger charge is -2.21. The number of hydrogen-bond acceptors (Lipinski definition) is 4. The summed E-state index contributed by atoms with van der Waals surface area (Å²) in [6.45, 7) is 0. The highest BCUT2D eigenvalue weighted by Gasteiger charge is 2.35. The Morgan fingerprint density at radius 1 is 0.931 bits per heavy atom. The van der Waals surface area contributed by atoms with Crippen LogP contribution in [0.1, 0.15) is 28.7 Å². The van der Waals surface area contributed by atoms with Gasteiger partial charge in [-0.1, -0.05) is 72.3 Å². The summed E-state index contributed by atoms with van der Waals surface area (Å²) in [5, 5.41) is 18.8. The Kier molecular flexibility index (Phi) is 6.14. The van der Waals surface area contributed by atoms with Crippen molar-refractivity contribution in [2.45, 2.75) is 12.0 Å². The maximum Gasteiger partial charge on any atom is 0.325 e. The Hall–Kier alpha value is -3.38. The average Bonchev–Trinajstić information content (AvgIpc) is 2.71. The van der Waals surface area contributed by atoms with Crippen molar-refractivity contribution in [2.24, 2.45) is 0 Å². The molecule has 3 aromatic rings. The molecule has 1 atom stereocenters. The topological polar surface area (TPSA) is 83.8 Å². The van der Waals surface area contributed by atoms with Gasteiger partial charge in [0.1, 0.15) is 11.6 Å². The third kappa shape index (κ3) is 4.55. The fourth-order valence-electron chi connectivity index (χ4n) is 2.90. The van der Waals surface area contributed by atoms with Crippen LogP contribution < -0.4 is 0 Å². The zero-order valence-electron chi connectivity index (χ0n) is 15.0. The zero-order chi connectivity index (χ0) is 21.0. The Morgan fingerprint density at radius 3 is 1.93 bits per heavy atom. The molecule has 0 aromatic heterocycles. The van der Waals surface area contributed by atoms with Crippen molar-refractivity contribution >= 4 is 23.5 Å². The SMILES string of the molecule is O=C(O)C(C(=O)OC(c1ccccc1)c1ccccc1)c1cc(Cl)c(O)cc1F. The second-order valence-electron chi connectivity index (χ2n) is 6.23. The minimum atomic E-state index is -1.96. The number of phenols is 1. The van der Waals surface area contributed by atoms with Gasteiger partial charge in [-0.25, -0.2) is 4.39 Å². The first-order valence-electron chi connectivity index (χ1n) is 8.59. The van der Waals surface area contributed by atoms with Gasteiger partial charge in [0.25, 0.3) is 0 Å². The summed E-state index contributed by atoms with van der Waals surface area (Å²) in [5.41, 5.74) is 0.756. The molecule has 3 aromatic carbocycles. The standard InChI is InChI=1S/C22H16ClFO5/c23-16-11-15(17(24)12-18(16)25)19(21(26)27)22(28)29-20(13-7-3-1-4-8-13)14-9-5-2-6-10-14/h1-12,19-20,25H,(H,26,27). The lowest BCUT2D eigenvalue weighted by atomic mass is 9.97. The van der Waals surface area contributed by atoms with Gasteiger partial charge in [0.2, 0.25) is 0 Å². The second-order valence-corrected chi connectivity index (χ2v) is 6.64. The van der Waals surface area contributed by atoms with Gasteiger partial charge in [0, 0.05) is 11.6 Å². The molecule has 0 radical (unpaired) electrons. The third-order valence-electron chi connectivity index (χ3n) is 4.30. The van der Waals surface area contributed by atoms with Crippen LogP contribution >= 0.6 is 11.6 Å². The van der Waals surface area contributed by atoms with Crippen molar-refractivity contribution in [3.05, 3.63) is 100 Å². The quantitative estimate of drug-likeness (QED) is 0.451. The highest BCUT2D eigenvalue weighted by atomic mass is 35.5. The molecular formula is C22H16ClFO5. The maximum absolute atomic E-state index is 14.3. The summed E-state index contributed by atoms with van der Waals surface area (Å²) in [7, 11) is 0. The predicted molar refractivity (Wildman–Crippen MR) is 104 cm³/mol. The summed E-state index contributed by atoms with van der Waals surface area (Å²) < 4.78 is 19.8. The number of rotatable bonds is 6. The average molecular weight is 415 g/mol. The van der Waals surface area contributed by atoms with Crippen molar-refractivity contribution in [1.29, 1.82) is 0 Å². The number of phenolic OH excluding ortho intramolecular Hbond substituents is 1. The first-order valence-corrected chi connectivity index (χ1v) is 8.97. The van der Waals surface area contributed by atoms with E-state index in [4.69, 9.17) is 16.3 Å². The van der Waals surface area contributed by atoms with Crippen LogP contribution in [0.4, 0.5) is 4.39 Å². The fourth-order valence-corrected chi connectivity index (χ4v) is 3.07. The van der Waals surface area contributed by atoms with Crippen LogP contribution in [0.3, 0.4) is 0 Å². The molecule has 0 fully saturated rings. The number of ether oxygens (including phenoxy) is 1. The molecule has 3 rings (SSSR count). The molecule has 0 amide bonds. The molecule has 148 valence electrons. The Bertz CT molecular complexity index is 985. The summed E-state index contributed by atoms with van der Waals surface area (Å²) in [6, 6.07) is 19.1. The number of carboxylic acid groups (broad SMARTS) is 1. The first kappa shape index (κ1) is 20.4. The van der Waals surface area contributed by atoms with E-state index >= 15 is 0 Å². The highest BCUT2D eigenvalue weighted by molar-refractivity contribution is 6.32. The molecule has 0 spiro atoms. The molecule has 0 bridgehead atoms. The number of esters is 1. The van der Waals surface area contributed by atoms with Crippen molar-refractivity contribution in [2.75, 3.05) is 0 Å². The molecule has 0 aliphatic carbocycles. The van der Waals surface area contributed by atoms with Crippen LogP contribution in [-0.4, -0.2) is 22.2 Å². The summed E-state index contributed by atoms with van der Waals surface area (Å²) in [4.78, 5) is 24.6. The molecule has 0 aliphatic heterocycles. The number of carbonyl (C=O) groups is 2. The highest BCUT2D eigenvalue weighted by Crippen LogP contribution is 2.33.